The number of aliphatic hydroxyl groups excluding tert-OH is 1. The van der Waals surface area contributed by atoms with Gasteiger partial charge in [0.25, 0.3) is 5.69 Å². The molecule has 1 unspecified atom stereocenters. The fourth-order valence-corrected chi connectivity index (χ4v) is 1.77. The third-order valence-electron chi connectivity index (χ3n) is 2.53. The molecule has 0 fully saturated rings. The first-order chi connectivity index (χ1) is 8.50. The molecule has 0 aromatic heterocycles. The monoisotopic (exact) mass is 272 g/mol. The highest BCUT2D eigenvalue weighted by Crippen LogP contribution is 2.22. The molecular formula is C12H17ClN2O3. The van der Waals surface area contributed by atoms with Crippen molar-refractivity contribution in [3.8, 4) is 0 Å². The summed E-state index contributed by atoms with van der Waals surface area (Å²) in [5, 5.41) is 23.4. The average molecular weight is 273 g/mol. The fourth-order valence-electron chi connectivity index (χ4n) is 1.60. The number of hydrogen-bond acceptors (Lipinski definition) is 4. The second-order valence-electron chi connectivity index (χ2n) is 4.20. The molecule has 0 aliphatic carbocycles. The number of aliphatic hydroxyl groups is 1. The van der Waals surface area contributed by atoms with Crippen LogP contribution in [-0.2, 0) is 6.54 Å². The van der Waals surface area contributed by atoms with E-state index in [1.807, 2.05) is 0 Å². The summed E-state index contributed by atoms with van der Waals surface area (Å²) in [5.74, 6) is 0. The zero-order valence-corrected chi connectivity index (χ0v) is 11.0. The first-order valence-corrected chi connectivity index (χ1v) is 6.20. The van der Waals surface area contributed by atoms with Crippen LogP contribution < -0.4 is 5.32 Å². The summed E-state index contributed by atoms with van der Waals surface area (Å²) in [6.07, 6.45) is 1.24. The van der Waals surface area contributed by atoms with E-state index in [0.717, 1.165) is 12.8 Å². The number of rotatable bonds is 7. The number of nitro benzene ring substituents is 1. The molecule has 0 aliphatic heterocycles. The van der Waals surface area contributed by atoms with Gasteiger partial charge in [-0.3, -0.25) is 10.1 Å². The Bertz CT molecular complexity index is 410. The van der Waals surface area contributed by atoms with Crippen molar-refractivity contribution >= 4 is 17.3 Å². The highest BCUT2D eigenvalue weighted by molar-refractivity contribution is 6.30. The molecule has 0 spiro atoms. The molecule has 5 nitrogen and oxygen atoms in total. The largest absolute Gasteiger partial charge is 0.393 e. The van der Waals surface area contributed by atoms with Crippen LogP contribution in [-0.4, -0.2) is 22.7 Å². The van der Waals surface area contributed by atoms with Crippen LogP contribution in [0, 0.1) is 10.1 Å². The Balaban J connectivity index is 2.49. The maximum absolute atomic E-state index is 10.8. The van der Waals surface area contributed by atoms with Gasteiger partial charge >= 0.3 is 0 Å². The third-order valence-corrected chi connectivity index (χ3v) is 2.77. The summed E-state index contributed by atoms with van der Waals surface area (Å²) in [5.41, 5.74) is 0.645. The standard InChI is InChI=1S/C12H17ClN2O3/c1-9(16)3-2-6-14-8-10-4-5-11(13)7-12(10)15(17)18/h4-5,7,9,14,16H,2-3,6,8H2,1H3. The van der Waals surface area contributed by atoms with Crippen molar-refractivity contribution in [3.63, 3.8) is 0 Å². The summed E-state index contributed by atoms with van der Waals surface area (Å²) in [7, 11) is 0. The Labute approximate surface area is 111 Å². The van der Waals surface area contributed by atoms with Gasteiger partial charge in [0.1, 0.15) is 0 Å². The van der Waals surface area contributed by atoms with E-state index in [1.165, 1.54) is 6.07 Å². The van der Waals surface area contributed by atoms with Crippen molar-refractivity contribution in [2.24, 2.45) is 0 Å². The van der Waals surface area contributed by atoms with Gasteiger partial charge in [-0.1, -0.05) is 11.6 Å². The molecule has 0 heterocycles. The maximum atomic E-state index is 10.8. The van der Waals surface area contributed by atoms with Crippen molar-refractivity contribution in [3.05, 3.63) is 38.9 Å². The van der Waals surface area contributed by atoms with E-state index in [4.69, 9.17) is 16.7 Å². The van der Waals surface area contributed by atoms with Crippen LogP contribution in [0.2, 0.25) is 5.02 Å². The van der Waals surface area contributed by atoms with Crippen molar-refractivity contribution in [1.82, 2.24) is 5.32 Å². The lowest BCUT2D eigenvalue weighted by molar-refractivity contribution is -0.385. The lowest BCUT2D eigenvalue weighted by atomic mass is 10.1. The van der Waals surface area contributed by atoms with Crippen molar-refractivity contribution in [2.75, 3.05) is 6.54 Å². The summed E-state index contributed by atoms with van der Waals surface area (Å²) >= 11 is 5.73. The van der Waals surface area contributed by atoms with Crippen LogP contribution in [0.1, 0.15) is 25.3 Å². The van der Waals surface area contributed by atoms with E-state index in [-0.39, 0.29) is 11.8 Å². The molecule has 1 aromatic rings. The predicted octanol–water partition coefficient (Wildman–Crippen LogP) is 2.50. The predicted molar refractivity (Wildman–Crippen MR) is 70.7 cm³/mol. The van der Waals surface area contributed by atoms with E-state index in [0.29, 0.717) is 23.7 Å². The number of hydrogen-bond donors (Lipinski definition) is 2. The van der Waals surface area contributed by atoms with E-state index >= 15 is 0 Å². The van der Waals surface area contributed by atoms with Crippen molar-refractivity contribution < 1.29 is 10.0 Å². The lowest BCUT2D eigenvalue weighted by Crippen LogP contribution is -2.17. The summed E-state index contributed by atoms with van der Waals surface area (Å²) in [4.78, 5) is 10.4. The molecule has 6 heteroatoms. The SMILES string of the molecule is CC(O)CCCNCc1ccc(Cl)cc1[N+](=O)[O-]. The Morgan fingerprint density at radius 2 is 2.28 bits per heavy atom. The number of benzene rings is 1. The van der Waals surface area contributed by atoms with Crippen LogP contribution in [0.15, 0.2) is 18.2 Å². The smallest absolute Gasteiger partial charge is 0.275 e. The molecule has 0 amide bonds. The van der Waals surface area contributed by atoms with E-state index in [2.05, 4.69) is 5.32 Å². The number of nitro groups is 1. The Morgan fingerprint density at radius 3 is 2.89 bits per heavy atom. The Kier molecular flexibility index (Phi) is 6.04. The van der Waals surface area contributed by atoms with Gasteiger partial charge in [0, 0.05) is 23.2 Å². The molecular weight excluding hydrogens is 256 g/mol. The topological polar surface area (TPSA) is 75.4 Å². The molecule has 1 rings (SSSR count). The van der Waals surface area contributed by atoms with Crippen LogP contribution in [0.4, 0.5) is 5.69 Å². The first kappa shape index (κ1) is 14.9. The normalized spacial score (nSPS) is 12.4. The molecule has 2 N–H and O–H groups in total. The molecule has 0 saturated heterocycles. The maximum Gasteiger partial charge on any atom is 0.275 e. The Morgan fingerprint density at radius 1 is 1.56 bits per heavy atom. The lowest BCUT2D eigenvalue weighted by Gasteiger charge is -2.07. The molecule has 0 aliphatic rings. The molecule has 100 valence electrons. The van der Waals surface area contributed by atoms with Gasteiger partial charge in [-0.25, -0.2) is 0 Å². The van der Waals surface area contributed by atoms with E-state index in [9.17, 15) is 10.1 Å². The van der Waals surface area contributed by atoms with Gasteiger partial charge in [-0.05, 0) is 38.4 Å². The van der Waals surface area contributed by atoms with Crippen LogP contribution in [0.5, 0.6) is 0 Å². The van der Waals surface area contributed by atoms with E-state index in [1.54, 1.807) is 19.1 Å². The minimum atomic E-state index is -0.432. The molecule has 1 atom stereocenters. The van der Waals surface area contributed by atoms with Crippen LogP contribution >= 0.6 is 11.6 Å². The van der Waals surface area contributed by atoms with Crippen LogP contribution in [0.25, 0.3) is 0 Å². The quantitative estimate of drug-likeness (QED) is 0.454. The second-order valence-corrected chi connectivity index (χ2v) is 4.63. The number of nitrogens with zero attached hydrogens (tertiary/aromatic N) is 1. The minimum absolute atomic E-state index is 0.0329. The highest BCUT2D eigenvalue weighted by Gasteiger charge is 2.13. The summed E-state index contributed by atoms with van der Waals surface area (Å²) in [6.45, 7) is 2.88. The van der Waals surface area contributed by atoms with E-state index < -0.39 is 4.92 Å². The first-order valence-electron chi connectivity index (χ1n) is 5.82. The van der Waals surface area contributed by atoms with Gasteiger partial charge in [0.2, 0.25) is 0 Å². The van der Waals surface area contributed by atoms with Gasteiger partial charge in [0.15, 0.2) is 0 Å². The Hall–Kier alpha value is -1.17. The van der Waals surface area contributed by atoms with Gasteiger partial charge in [0.05, 0.1) is 11.0 Å². The zero-order valence-electron chi connectivity index (χ0n) is 10.2. The van der Waals surface area contributed by atoms with Gasteiger partial charge in [-0.2, -0.15) is 0 Å². The zero-order chi connectivity index (χ0) is 13.5. The molecule has 1 aromatic carbocycles. The van der Waals surface area contributed by atoms with Crippen molar-refractivity contribution in [2.45, 2.75) is 32.4 Å². The highest BCUT2D eigenvalue weighted by atomic mass is 35.5. The molecule has 0 bridgehead atoms. The second kappa shape index (κ2) is 7.31. The number of nitrogens with one attached hydrogen (secondary N) is 1. The fraction of sp³-hybridized carbons (Fsp3) is 0.500. The third kappa shape index (κ3) is 5.00. The summed E-state index contributed by atoms with van der Waals surface area (Å²) in [6, 6.07) is 4.65. The average Bonchev–Trinajstić information content (AvgIpc) is 2.29. The summed E-state index contributed by atoms with van der Waals surface area (Å²) < 4.78 is 0. The van der Waals surface area contributed by atoms with Crippen molar-refractivity contribution in [1.29, 1.82) is 0 Å². The molecule has 0 saturated carbocycles. The minimum Gasteiger partial charge on any atom is -0.393 e. The van der Waals surface area contributed by atoms with Gasteiger partial charge in [-0.15, -0.1) is 0 Å². The van der Waals surface area contributed by atoms with Gasteiger partial charge < -0.3 is 10.4 Å². The number of halogens is 1. The molecule has 18 heavy (non-hydrogen) atoms. The van der Waals surface area contributed by atoms with Crippen LogP contribution in [0.3, 0.4) is 0 Å². The molecule has 0 radical (unpaired) electrons.